The summed E-state index contributed by atoms with van der Waals surface area (Å²) >= 11 is 8.56. The molecular formula is C31H55NO4S3. The minimum absolute atomic E-state index is 0.231. The van der Waals surface area contributed by atoms with Gasteiger partial charge in [-0.05, 0) is 66.1 Å². The molecule has 0 aliphatic rings. The number of nitriles is 1. The second-order valence-electron chi connectivity index (χ2n) is 12.1. The highest BCUT2D eigenvalue weighted by Gasteiger charge is 2.36. The topological polar surface area (TPSA) is 76.4 Å². The van der Waals surface area contributed by atoms with Gasteiger partial charge in [-0.25, -0.2) is 0 Å². The Balaban J connectivity index is 5.00. The molecule has 0 amide bonds. The minimum atomic E-state index is -0.720. The van der Waals surface area contributed by atoms with Crippen molar-refractivity contribution in [2.24, 2.45) is 11.3 Å². The number of rotatable bonds is 21. The SMILES string of the molecule is CCCCCCCCCCCCSC(=S)SC(CC(CC(C)(C)C#N)C(=O)OCCCC)C(=O)OC(C)(C)C. The molecule has 226 valence electrons. The van der Waals surface area contributed by atoms with Crippen molar-refractivity contribution in [2.75, 3.05) is 12.4 Å². The van der Waals surface area contributed by atoms with Crippen LogP contribution < -0.4 is 0 Å². The van der Waals surface area contributed by atoms with Gasteiger partial charge in [0.25, 0.3) is 0 Å². The highest BCUT2D eigenvalue weighted by Crippen LogP contribution is 2.34. The summed E-state index contributed by atoms with van der Waals surface area (Å²) in [6, 6.07) is 2.28. The number of ether oxygens (including phenoxy) is 2. The minimum Gasteiger partial charge on any atom is -0.465 e. The maximum atomic E-state index is 13.2. The zero-order chi connectivity index (χ0) is 29.7. The van der Waals surface area contributed by atoms with Gasteiger partial charge in [0.1, 0.15) is 14.4 Å². The van der Waals surface area contributed by atoms with Gasteiger partial charge in [0, 0.05) is 0 Å². The van der Waals surface area contributed by atoms with Crippen molar-refractivity contribution in [1.82, 2.24) is 0 Å². The Kier molecular flexibility index (Phi) is 21.5. The molecule has 0 spiro atoms. The summed E-state index contributed by atoms with van der Waals surface area (Å²) in [4.78, 5) is 26.2. The summed E-state index contributed by atoms with van der Waals surface area (Å²) in [5.74, 6) is -0.399. The fourth-order valence-electron chi connectivity index (χ4n) is 4.07. The number of nitrogens with zero attached hydrogens (tertiary/aromatic N) is 1. The molecule has 5 nitrogen and oxygen atoms in total. The van der Waals surface area contributed by atoms with Crippen LogP contribution in [0.5, 0.6) is 0 Å². The van der Waals surface area contributed by atoms with Gasteiger partial charge in [0.15, 0.2) is 0 Å². The Hall–Kier alpha value is -0.780. The van der Waals surface area contributed by atoms with E-state index in [-0.39, 0.29) is 18.4 Å². The Morgan fingerprint density at radius 1 is 0.846 bits per heavy atom. The van der Waals surface area contributed by atoms with E-state index in [0.29, 0.717) is 16.6 Å². The predicted octanol–water partition coefficient (Wildman–Crippen LogP) is 9.66. The molecule has 0 aliphatic heterocycles. The van der Waals surface area contributed by atoms with Crippen molar-refractivity contribution in [1.29, 1.82) is 5.26 Å². The first-order valence-corrected chi connectivity index (χ1v) is 17.3. The molecule has 39 heavy (non-hydrogen) atoms. The molecule has 0 aliphatic carbocycles. The second kappa shape index (κ2) is 21.9. The molecule has 0 fully saturated rings. The molecule has 0 heterocycles. The van der Waals surface area contributed by atoms with E-state index < -0.39 is 22.2 Å². The van der Waals surface area contributed by atoms with Gasteiger partial charge in [0.05, 0.1) is 24.0 Å². The normalized spacial score (nSPS) is 13.4. The van der Waals surface area contributed by atoms with Crippen molar-refractivity contribution < 1.29 is 19.1 Å². The number of hydrogen-bond acceptors (Lipinski definition) is 8. The lowest BCUT2D eigenvalue weighted by molar-refractivity contribution is -0.155. The van der Waals surface area contributed by atoms with Crippen LogP contribution in [-0.4, -0.2) is 38.7 Å². The zero-order valence-electron chi connectivity index (χ0n) is 25.8. The fraction of sp³-hybridized carbons (Fsp3) is 0.871. The first kappa shape index (κ1) is 38.2. The highest BCUT2D eigenvalue weighted by molar-refractivity contribution is 8.47. The molecular weight excluding hydrogens is 547 g/mol. The van der Waals surface area contributed by atoms with E-state index in [2.05, 4.69) is 13.0 Å². The lowest BCUT2D eigenvalue weighted by atomic mass is 9.82. The summed E-state index contributed by atoms with van der Waals surface area (Å²) in [7, 11) is 0. The lowest BCUT2D eigenvalue weighted by Gasteiger charge is -2.28. The standard InChI is InChI=1S/C31H55NO4S3/c1-8-10-12-13-14-15-16-17-18-19-21-38-29(37)39-26(28(34)36-30(3,4)5)22-25(23-31(6,7)24-32)27(33)35-20-11-9-2/h25-26H,8-23H2,1-7H3. The van der Waals surface area contributed by atoms with Crippen LogP contribution in [0.25, 0.3) is 0 Å². The molecule has 0 N–H and O–H groups in total. The number of thiocarbonyl (C=S) groups is 1. The van der Waals surface area contributed by atoms with E-state index in [1.165, 1.54) is 69.5 Å². The average molecular weight is 602 g/mol. The Labute approximate surface area is 253 Å². The zero-order valence-corrected chi connectivity index (χ0v) is 28.2. The van der Waals surface area contributed by atoms with Crippen LogP contribution >= 0.6 is 35.7 Å². The van der Waals surface area contributed by atoms with E-state index in [1.807, 2.05) is 41.5 Å². The molecule has 0 saturated carbocycles. The molecule has 2 unspecified atom stereocenters. The summed E-state index contributed by atoms with van der Waals surface area (Å²) < 4.78 is 11.9. The van der Waals surface area contributed by atoms with Crippen LogP contribution in [0.3, 0.4) is 0 Å². The van der Waals surface area contributed by atoms with E-state index in [1.54, 1.807) is 11.8 Å². The summed E-state index contributed by atoms with van der Waals surface area (Å²) in [5, 5.41) is 8.96. The highest BCUT2D eigenvalue weighted by atomic mass is 32.2. The molecule has 0 aromatic heterocycles. The molecule has 0 saturated heterocycles. The Morgan fingerprint density at radius 3 is 1.90 bits per heavy atom. The third-order valence-electron chi connectivity index (χ3n) is 6.26. The third-order valence-corrected chi connectivity index (χ3v) is 9.13. The maximum Gasteiger partial charge on any atom is 0.320 e. The molecule has 0 radical (unpaired) electrons. The van der Waals surface area contributed by atoms with E-state index in [9.17, 15) is 14.9 Å². The number of hydrogen-bond donors (Lipinski definition) is 0. The largest absolute Gasteiger partial charge is 0.465 e. The summed E-state index contributed by atoms with van der Waals surface area (Å²) in [5.41, 5.74) is -1.37. The van der Waals surface area contributed by atoms with Crippen LogP contribution in [0.2, 0.25) is 0 Å². The number of thioether (sulfide) groups is 2. The first-order chi connectivity index (χ1) is 18.3. The van der Waals surface area contributed by atoms with Crippen molar-refractivity contribution in [3.05, 3.63) is 0 Å². The van der Waals surface area contributed by atoms with E-state index in [0.717, 1.165) is 25.0 Å². The monoisotopic (exact) mass is 601 g/mol. The van der Waals surface area contributed by atoms with E-state index in [4.69, 9.17) is 21.7 Å². The lowest BCUT2D eigenvalue weighted by Crippen LogP contribution is -2.34. The third kappa shape index (κ3) is 21.6. The number of esters is 2. The summed E-state index contributed by atoms with van der Waals surface area (Å²) in [6.45, 7) is 13.7. The smallest absolute Gasteiger partial charge is 0.320 e. The van der Waals surface area contributed by atoms with Gasteiger partial charge in [-0.2, -0.15) is 5.26 Å². The fourth-order valence-corrected chi connectivity index (χ4v) is 6.76. The van der Waals surface area contributed by atoms with E-state index >= 15 is 0 Å². The Morgan fingerprint density at radius 2 is 1.38 bits per heavy atom. The van der Waals surface area contributed by atoms with Gasteiger partial charge in [-0.3, -0.25) is 9.59 Å². The predicted molar refractivity (Wildman–Crippen MR) is 172 cm³/mol. The average Bonchev–Trinajstić information content (AvgIpc) is 2.85. The van der Waals surface area contributed by atoms with Crippen LogP contribution in [0.1, 0.15) is 138 Å². The van der Waals surface area contributed by atoms with Gasteiger partial charge >= 0.3 is 11.9 Å². The second-order valence-corrected chi connectivity index (χ2v) is 15.6. The molecule has 2 atom stereocenters. The van der Waals surface area contributed by atoms with Gasteiger partial charge in [-0.15, -0.1) is 11.8 Å². The Bertz CT molecular complexity index is 743. The maximum absolute atomic E-state index is 13.2. The van der Waals surface area contributed by atoms with Crippen molar-refractivity contribution >= 4 is 51.2 Å². The van der Waals surface area contributed by atoms with Crippen LogP contribution in [0, 0.1) is 22.7 Å². The van der Waals surface area contributed by atoms with Crippen molar-refractivity contribution in [3.8, 4) is 6.07 Å². The van der Waals surface area contributed by atoms with Crippen LogP contribution in [0.4, 0.5) is 0 Å². The molecule has 8 heteroatoms. The van der Waals surface area contributed by atoms with Crippen LogP contribution in [0.15, 0.2) is 0 Å². The van der Waals surface area contributed by atoms with Gasteiger partial charge in [0.2, 0.25) is 0 Å². The number of unbranched alkanes of at least 4 members (excludes halogenated alkanes) is 10. The number of carbonyl (C=O) groups excluding carboxylic acids is 2. The number of carbonyl (C=O) groups is 2. The molecule has 0 bridgehead atoms. The molecule has 0 rings (SSSR count). The van der Waals surface area contributed by atoms with Crippen LogP contribution in [-0.2, 0) is 19.1 Å². The molecule has 0 aromatic carbocycles. The van der Waals surface area contributed by atoms with Crippen molar-refractivity contribution in [2.45, 2.75) is 149 Å². The van der Waals surface area contributed by atoms with Crippen molar-refractivity contribution in [3.63, 3.8) is 0 Å². The van der Waals surface area contributed by atoms with Gasteiger partial charge in [-0.1, -0.05) is 102 Å². The quantitative estimate of drug-likeness (QED) is 0.0731. The van der Waals surface area contributed by atoms with Gasteiger partial charge < -0.3 is 9.47 Å². The first-order valence-electron chi connectivity index (χ1n) is 15.0. The summed E-state index contributed by atoms with van der Waals surface area (Å²) in [6.07, 6.45) is 15.1. The molecule has 0 aromatic rings.